The van der Waals surface area contributed by atoms with Gasteiger partial charge in [-0.25, -0.2) is 0 Å². The van der Waals surface area contributed by atoms with E-state index in [1.165, 1.54) is 19.4 Å². The molecule has 0 bridgehead atoms. The summed E-state index contributed by atoms with van der Waals surface area (Å²) in [6.07, 6.45) is 2.49. The van der Waals surface area contributed by atoms with Gasteiger partial charge in [0.25, 0.3) is 0 Å². The third kappa shape index (κ3) is 3.19. The molecule has 0 aromatic rings. The van der Waals surface area contributed by atoms with Gasteiger partial charge >= 0.3 is 5.97 Å². The molecule has 0 aromatic carbocycles. The Morgan fingerprint density at radius 2 is 2.19 bits per heavy atom. The Labute approximate surface area is 98.2 Å². The molecule has 1 fully saturated rings. The molecule has 1 rings (SSSR count). The van der Waals surface area contributed by atoms with Crippen LogP contribution in [0, 0.1) is 5.92 Å². The first-order valence-electron chi connectivity index (χ1n) is 6.06. The minimum absolute atomic E-state index is 0.0894. The van der Waals surface area contributed by atoms with Gasteiger partial charge in [0.15, 0.2) is 0 Å². The lowest BCUT2D eigenvalue weighted by Gasteiger charge is -2.32. The Hall–Kier alpha value is -0.610. The fourth-order valence-electron chi connectivity index (χ4n) is 2.30. The van der Waals surface area contributed by atoms with Crippen molar-refractivity contribution in [2.45, 2.75) is 38.8 Å². The summed E-state index contributed by atoms with van der Waals surface area (Å²) in [6, 6.07) is 0.681. The van der Waals surface area contributed by atoms with Crippen LogP contribution in [-0.4, -0.2) is 60.1 Å². The molecule has 0 aliphatic carbocycles. The van der Waals surface area contributed by atoms with Crippen molar-refractivity contribution in [3.63, 3.8) is 0 Å². The summed E-state index contributed by atoms with van der Waals surface area (Å²) in [5, 5.41) is 8.98. The lowest BCUT2D eigenvalue weighted by atomic mass is 10.0. The second kappa shape index (κ2) is 5.64. The summed E-state index contributed by atoms with van der Waals surface area (Å²) in [5.41, 5.74) is 0. The minimum Gasteiger partial charge on any atom is -0.481 e. The SMILES string of the molecule is CC(C(=O)O)C(C)N(C)CC1CCCN1C. The highest BCUT2D eigenvalue weighted by molar-refractivity contribution is 5.70. The molecule has 1 heterocycles. The number of carboxylic acid groups (broad SMARTS) is 1. The molecule has 94 valence electrons. The molecule has 0 spiro atoms. The lowest BCUT2D eigenvalue weighted by molar-refractivity contribution is -0.143. The number of nitrogens with zero attached hydrogens (tertiary/aromatic N) is 2. The van der Waals surface area contributed by atoms with Gasteiger partial charge in [-0.2, -0.15) is 0 Å². The topological polar surface area (TPSA) is 43.8 Å². The zero-order chi connectivity index (χ0) is 12.3. The van der Waals surface area contributed by atoms with Crippen LogP contribution in [0.2, 0.25) is 0 Å². The molecule has 1 aliphatic heterocycles. The Morgan fingerprint density at radius 1 is 1.56 bits per heavy atom. The minimum atomic E-state index is -0.709. The molecule has 3 unspecified atom stereocenters. The molecule has 1 N–H and O–H groups in total. The van der Waals surface area contributed by atoms with Gasteiger partial charge in [0, 0.05) is 18.6 Å². The Morgan fingerprint density at radius 3 is 2.62 bits per heavy atom. The van der Waals surface area contributed by atoms with E-state index in [2.05, 4.69) is 16.8 Å². The average molecular weight is 228 g/mol. The summed E-state index contributed by atoms with van der Waals surface area (Å²) in [5.74, 6) is -1.02. The zero-order valence-electron chi connectivity index (χ0n) is 10.8. The summed E-state index contributed by atoms with van der Waals surface area (Å²) in [4.78, 5) is 15.5. The van der Waals surface area contributed by atoms with E-state index in [1.807, 2.05) is 14.0 Å². The van der Waals surface area contributed by atoms with Crippen LogP contribution in [0.15, 0.2) is 0 Å². The normalized spacial score (nSPS) is 25.9. The molecule has 16 heavy (non-hydrogen) atoms. The van der Waals surface area contributed by atoms with Crippen molar-refractivity contribution in [3.8, 4) is 0 Å². The summed E-state index contributed by atoms with van der Waals surface area (Å²) >= 11 is 0. The molecule has 0 aromatic heterocycles. The number of rotatable bonds is 5. The van der Waals surface area contributed by atoms with E-state index in [1.54, 1.807) is 6.92 Å². The number of aliphatic carboxylic acids is 1. The molecular formula is C12H24N2O2. The number of likely N-dealkylation sites (N-methyl/N-ethyl adjacent to an activating group) is 2. The summed E-state index contributed by atoms with van der Waals surface area (Å²) in [7, 11) is 4.17. The first-order chi connectivity index (χ1) is 7.43. The fraction of sp³-hybridized carbons (Fsp3) is 0.917. The van der Waals surface area contributed by atoms with Gasteiger partial charge in [-0.3, -0.25) is 4.79 Å². The third-order valence-electron chi connectivity index (χ3n) is 3.98. The van der Waals surface area contributed by atoms with Crippen molar-refractivity contribution in [1.29, 1.82) is 0 Å². The second-order valence-corrected chi connectivity index (χ2v) is 5.08. The number of likely N-dealkylation sites (tertiary alicyclic amines) is 1. The van der Waals surface area contributed by atoms with Gasteiger partial charge in [0.2, 0.25) is 0 Å². The van der Waals surface area contributed by atoms with E-state index in [-0.39, 0.29) is 12.0 Å². The van der Waals surface area contributed by atoms with Crippen molar-refractivity contribution in [2.75, 3.05) is 27.2 Å². The average Bonchev–Trinajstić information content (AvgIpc) is 2.62. The smallest absolute Gasteiger partial charge is 0.307 e. The highest BCUT2D eigenvalue weighted by Gasteiger charge is 2.27. The standard InChI is InChI=1S/C12H24N2O2/c1-9(12(15)16)10(2)14(4)8-11-6-5-7-13(11)3/h9-11H,5-8H2,1-4H3,(H,15,16). The lowest BCUT2D eigenvalue weighted by Crippen LogP contribution is -2.44. The summed E-state index contributed by atoms with van der Waals surface area (Å²) in [6.45, 7) is 5.91. The first kappa shape index (κ1) is 13.5. The van der Waals surface area contributed by atoms with Gasteiger partial charge in [0.05, 0.1) is 5.92 Å². The van der Waals surface area contributed by atoms with E-state index < -0.39 is 5.97 Å². The highest BCUT2D eigenvalue weighted by atomic mass is 16.4. The maximum Gasteiger partial charge on any atom is 0.307 e. The van der Waals surface area contributed by atoms with Crippen LogP contribution in [0.3, 0.4) is 0 Å². The maximum atomic E-state index is 10.9. The molecule has 0 saturated carbocycles. The van der Waals surface area contributed by atoms with Crippen LogP contribution in [0.5, 0.6) is 0 Å². The number of hydrogen-bond donors (Lipinski definition) is 1. The molecule has 1 saturated heterocycles. The van der Waals surface area contributed by atoms with E-state index in [9.17, 15) is 4.79 Å². The van der Waals surface area contributed by atoms with Crippen molar-refractivity contribution in [3.05, 3.63) is 0 Å². The van der Waals surface area contributed by atoms with Gasteiger partial charge < -0.3 is 14.9 Å². The van der Waals surface area contributed by atoms with Crippen molar-refractivity contribution in [2.24, 2.45) is 5.92 Å². The molecule has 0 radical (unpaired) electrons. The first-order valence-corrected chi connectivity index (χ1v) is 6.06. The number of hydrogen-bond acceptors (Lipinski definition) is 3. The quantitative estimate of drug-likeness (QED) is 0.766. The van der Waals surface area contributed by atoms with Crippen LogP contribution in [-0.2, 0) is 4.79 Å². The van der Waals surface area contributed by atoms with Crippen molar-refractivity contribution >= 4 is 5.97 Å². The molecule has 0 amide bonds. The van der Waals surface area contributed by atoms with Crippen LogP contribution in [0.1, 0.15) is 26.7 Å². The van der Waals surface area contributed by atoms with E-state index in [4.69, 9.17) is 5.11 Å². The van der Waals surface area contributed by atoms with Gasteiger partial charge in [-0.05, 0) is 40.4 Å². The van der Waals surface area contributed by atoms with Crippen LogP contribution in [0.4, 0.5) is 0 Å². The van der Waals surface area contributed by atoms with E-state index in [0.717, 1.165) is 6.54 Å². The zero-order valence-corrected chi connectivity index (χ0v) is 10.8. The van der Waals surface area contributed by atoms with Gasteiger partial charge in [-0.15, -0.1) is 0 Å². The highest BCUT2D eigenvalue weighted by Crippen LogP contribution is 2.18. The molecule has 1 aliphatic rings. The van der Waals surface area contributed by atoms with Crippen molar-refractivity contribution in [1.82, 2.24) is 9.80 Å². The Kier molecular flexibility index (Phi) is 4.74. The van der Waals surface area contributed by atoms with Crippen LogP contribution >= 0.6 is 0 Å². The fourth-order valence-corrected chi connectivity index (χ4v) is 2.30. The number of carbonyl (C=O) groups is 1. The van der Waals surface area contributed by atoms with Crippen LogP contribution < -0.4 is 0 Å². The largest absolute Gasteiger partial charge is 0.481 e. The molecule has 4 heteroatoms. The van der Waals surface area contributed by atoms with Crippen LogP contribution in [0.25, 0.3) is 0 Å². The van der Waals surface area contributed by atoms with Gasteiger partial charge in [0.1, 0.15) is 0 Å². The van der Waals surface area contributed by atoms with Crippen molar-refractivity contribution < 1.29 is 9.90 Å². The molecular weight excluding hydrogens is 204 g/mol. The second-order valence-electron chi connectivity index (χ2n) is 5.08. The van der Waals surface area contributed by atoms with E-state index >= 15 is 0 Å². The Balaban J connectivity index is 2.44. The monoisotopic (exact) mass is 228 g/mol. The predicted molar refractivity (Wildman–Crippen MR) is 64.5 cm³/mol. The number of carboxylic acids is 1. The van der Waals surface area contributed by atoms with Gasteiger partial charge in [-0.1, -0.05) is 6.92 Å². The third-order valence-corrected chi connectivity index (χ3v) is 3.98. The summed E-state index contributed by atoms with van der Waals surface area (Å²) < 4.78 is 0. The maximum absolute atomic E-state index is 10.9. The predicted octanol–water partition coefficient (Wildman–Crippen LogP) is 1.12. The Bertz CT molecular complexity index is 245. The van der Waals surface area contributed by atoms with E-state index in [0.29, 0.717) is 6.04 Å². The molecule has 3 atom stereocenters. The molecule has 4 nitrogen and oxygen atoms in total.